The van der Waals surface area contributed by atoms with Crippen LogP contribution in [0.25, 0.3) is 0 Å². The van der Waals surface area contributed by atoms with Crippen LogP contribution >= 0.6 is 0 Å². The third-order valence-corrected chi connectivity index (χ3v) is 3.92. The fourth-order valence-electron chi connectivity index (χ4n) is 2.25. The van der Waals surface area contributed by atoms with Crippen molar-refractivity contribution in [1.29, 1.82) is 5.26 Å². The van der Waals surface area contributed by atoms with Gasteiger partial charge in [-0.05, 0) is 62.2 Å². The lowest BCUT2D eigenvalue weighted by Gasteiger charge is -2.18. The summed E-state index contributed by atoms with van der Waals surface area (Å²) in [7, 11) is 0. The molecule has 0 fully saturated rings. The van der Waals surface area contributed by atoms with Crippen molar-refractivity contribution in [2.45, 2.75) is 39.4 Å². The molecule has 2 aromatic carbocycles. The summed E-state index contributed by atoms with van der Waals surface area (Å²) in [5.74, 6) is -0.631. The van der Waals surface area contributed by atoms with Gasteiger partial charge in [-0.3, -0.25) is 4.79 Å². The number of ether oxygens (including phenoxy) is 2. The molecule has 0 radical (unpaired) electrons. The third kappa shape index (κ3) is 5.86. The standard InChI is InChI=1S/C21H22N2O4/c1-4-16-5-9-18(10-6-16)23-20(24)14(2)27-21(25)15(3)26-19-11-7-17(13-22)8-12-19/h5-12,14-15H,4H2,1-3H3,(H,23,24)/t14-,15-/m1/s1. The molecule has 0 aliphatic carbocycles. The monoisotopic (exact) mass is 366 g/mol. The van der Waals surface area contributed by atoms with E-state index in [-0.39, 0.29) is 0 Å². The molecule has 6 nitrogen and oxygen atoms in total. The summed E-state index contributed by atoms with van der Waals surface area (Å²) in [6, 6.07) is 15.9. The molecule has 0 aliphatic heterocycles. The fraction of sp³-hybridized carbons (Fsp3) is 0.286. The van der Waals surface area contributed by atoms with Gasteiger partial charge < -0.3 is 14.8 Å². The number of hydrogen-bond donors (Lipinski definition) is 1. The van der Waals surface area contributed by atoms with Crippen LogP contribution in [0.15, 0.2) is 48.5 Å². The molecule has 0 unspecified atom stereocenters. The molecule has 140 valence electrons. The van der Waals surface area contributed by atoms with Crippen LogP contribution in [-0.4, -0.2) is 24.1 Å². The van der Waals surface area contributed by atoms with Crippen LogP contribution in [0.2, 0.25) is 0 Å². The van der Waals surface area contributed by atoms with Crippen molar-refractivity contribution in [3.05, 3.63) is 59.7 Å². The predicted octanol–water partition coefficient (Wildman–Crippen LogP) is 3.46. The molecule has 1 amide bonds. The van der Waals surface area contributed by atoms with E-state index >= 15 is 0 Å². The Bertz CT molecular complexity index is 823. The second-order valence-electron chi connectivity index (χ2n) is 6.02. The van der Waals surface area contributed by atoms with E-state index in [1.807, 2.05) is 30.3 Å². The minimum atomic E-state index is -0.963. The van der Waals surface area contributed by atoms with Gasteiger partial charge in [0.15, 0.2) is 12.2 Å². The Morgan fingerprint density at radius 1 is 1.04 bits per heavy atom. The van der Waals surface area contributed by atoms with Crippen molar-refractivity contribution >= 4 is 17.6 Å². The van der Waals surface area contributed by atoms with Crippen LogP contribution in [0, 0.1) is 11.3 Å². The maximum atomic E-state index is 12.2. The maximum Gasteiger partial charge on any atom is 0.347 e. The molecule has 0 spiro atoms. The highest BCUT2D eigenvalue weighted by Gasteiger charge is 2.23. The smallest absolute Gasteiger partial charge is 0.347 e. The molecular weight excluding hydrogens is 344 g/mol. The van der Waals surface area contributed by atoms with Gasteiger partial charge in [0, 0.05) is 5.69 Å². The summed E-state index contributed by atoms with van der Waals surface area (Å²) in [6.07, 6.45) is -0.938. The van der Waals surface area contributed by atoms with Gasteiger partial charge in [-0.25, -0.2) is 4.79 Å². The van der Waals surface area contributed by atoms with Crippen molar-refractivity contribution in [3.63, 3.8) is 0 Å². The number of anilines is 1. The molecule has 2 rings (SSSR count). The van der Waals surface area contributed by atoms with E-state index in [1.54, 1.807) is 24.3 Å². The number of rotatable bonds is 7. The maximum absolute atomic E-state index is 12.2. The number of nitrogens with one attached hydrogen (secondary N) is 1. The normalized spacial score (nSPS) is 12.4. The topological polar surface area (TPSA) is 88.4 Å². The number of amides is 1. The Hall–Kier alpha value is -3.33. The number of hydrogen-bond acceptors (Lipinski definition) is 5. The van der Waals surface area contributed by atoms with Gasteiger partial charge in [0.25, 0.3) is 5.91 Å². The van der Waals surface area contributed by atoms with E-state index in [2.05, 4.69) is 12.2 Å². The first-order valence-corrected chi connectivity index (χ1v) is 8.70. The highest BCUT2D eigenvalue weighted by molar-refractivity contribution is 5.95. The van der Waals surface area contributed by atoms with Crippen molar-refractivity contribution in [3.8, 4) is 11.8 Å². The SMILES string of the molecule is CCc1ccc(NC(=O)[C@@H](C)OC(=O)[C@@H](C)Oc2ccc(C#N)cc2)cc1. The van der Waals surface area contributed by atoms with Gasteiger partial charge in [0.2, 0.25) is 0 Å². The summed E-state index contributed by atoms with van der Waals surface area (Å²) in [5.41, 5.74) is 2.30. The summed E-state index contributed by atoms with van der Waals surface area (Å²) in [6.45, 7) is 5.09. The molecule has 0 heterocycles. The number of nitriles is 1. The number of nitrogens with zero attached hydrogens (tertiary/aromatic N) is 1. The van der Waals surface area contributed by atoms with E-state index in [0.29, 0.717) is 17.0 Å². The van der Waals surface area contributed by atoms with Gasteiger partial charge in [-0.1, -0.05) is 19.1 Å². The highest BCUT2D eigenvalue weighted by Crippen LogP contribution is 2.15. The average molecular weight is 366 g/mol. The Balaban J connectivity index is 1.86. The van der Waals surface area contributed by atoms with Crippen LogP contribution in [0.4, 0.5) is 5.69 Å². The van der Waals surface area contributed by atoms with Crippen molar-refractivity contribution in [2.24, 2.45) is 0 Å². The molecule has 0 aromatic heterocycles. The van der Waals surface area contributed by atoms with Crippen LogP contribution in [0.3, 0.4) is 0 Å². The number of benzene rings is 2. The van der Waals surface area contributed by atoms with Crippen LogP contribution in [0.5, 0.6) is 5.75 Å². The number of esters is 1. The van der Waals surface area contributed by atoms with E-state index in [4.69, 9.17) is 14.7 Å². The van der Waals surface area contributed by atoms with Crippen LogP contribution in [-0.2, 0) is 20.7 Å². The molecule has 6 heteroatoms. The van der Waals surface area contributed by atoms with E-state index in [9.17, 15) is 9.59 Å². The van der Waals surface area contributed by atoms with E-state index in [1.165, 1.54) is 19.4 Å². The Morgan fingerprint density at radius 2 is 1.67 bits per heavy atom. The lowest BCUT2D eigenvalue weighted by Crippen LogP contribution is -2.35. The second kappa shape index (κ2) is 9.39. The van der Waals surface area contributed by atoms with Gasteiger partial charge in [0.1, 0.15) is 5.75 Å². The highest BCUT2D eigenvalue weighted by atomic mass is 16.6. The lowest BCUT2D eigenvalue weighted by molar-refractivity contribution is -0.159. The molecule has 0 saturated carbocycles. The first kappa shape index (κ1) is 20.0. The van der Waals surface area contributed by atoms with Crippen molar-refractivity contribution < 1.29 is 19.1 Å². The zero-order chi connectivity index (χ0) is 19.8. The number of aryl methyl sites for hydroxylation is 1. The molecule has 1 N–H and O–H groups in total. The predicted molar refractivity (Wildman–Crippen MR) is 101 cm³/mol. The molecule has 0 aliphatic rings. The summed E-state index contributed by atoms with van der Waals surface area (Å²) in [5, 5.41) is 11.5. The Kier molecular flexibility index (Phi) is 6.95. The molecule has 27 heavy (non-hydrogen) atoms. The molecular formula is C21H22N2O4. The second-order valence-corrected chi connectivity index (χ2v) is 6.02. The van der Waals surface area contributed by atoms with Gasteiger partial charge in [-0.2, -0.15) is 5.26 Å². The molecule has 0 bridgehead atoms. The summed E-state index contributed by atoms with van der Waals surface area (Å²) >= 11 is 0. The number of carbonyl (C=O) groups is 2. The third-order valence-electron chi connectivity index (χ3n) is 3.92. The zero-order valence-corrected chi connectivity index (χ0v) is 15.6. The molecule has 2 atom stereocenters. The summed E-state index contributed by atoms with van der Waals surface area (Å²) in [4.78, 5) is 24.3. The summed E-state index contributed by atoms with van der Waals surface area (Å²) < 4.78 is 10.7. The van der Waals surface area contributed by atoms with Crippen molar-refractivity contribution in [1.82, 2.24) is 0 Å². The zero-order valence-electron chi connectivity index (χ0n) is 15.6. The quantitative estimate of drug-likeness (QED) is 0.758. The minimum absolute atomic E-state index is 0.418. The van der Waals surface area contributed by atoms with E-state index in [0.717, 1.165) is 6.42 Å². The minimum Gasteiger partial charge on any atom is -0.479 e. The fourth-order valence-corrected chi connectivity index (χ4v) is 2.25. The van der Waals surface area contributed by atoms with Gasteiger partial charge in [0.05, 0.1) is 11.6 Å². The largest absolute Gasteiger partial charge is 0.479 e. The van der Waals surface area contributed by atoms with Crippen LogP contribution < -0.4 is 10.1 Å². The van der Waals surface area contributed by atoms with Gasteiger partial charge >= 0.3 is 5.97 Å². The average Bonchev–Trinajstić information content (AvgIpc) is 2.68. The van der Waals surface area contributed by atoms with Crippen molar-refractivity contribution in [2.75, 3.05) is 5.32 Å². The first-order chi connectivity index (χ1) is 12.9. The van der Waals surface area contributed by atoms with Crippen LogP contribution in [0.1, 0.15) is 31.9 Å². The van der Waals surface area contributed by atoms with Gasteiger partial charge in [-0.15, -0.1) is 0 Å². The number of carbonyl (C=O) groups excluding carboxylic acids is 2. The first-order valence-electron chi connectivity index (χ1n) is 8.70. The Labute approximate surface area is 158 Å². The Morgan fingerprint density at radius 3 is 2.22 bits per heavy atom. The molecule has 0 saturated heterocycles. The molecule has 2 aromatic rings. The van der Waals surface area contributed by atoms with E-state index < -0.39 is 24.1 Å². The lowest BCUT2D eigenvalue weighted by atomic mass is 10.1.